The van der Waals surface area contributed by atoms with Crippen molar-refractivity contribution >= 4 is 22.9 Å². The first kappa shape index (κ1) is 17.9. The Hall–Kier alpha value is -1.89. The number of hydrogen-bond donors (Lipinski definition) is 1. The fourth-order valence-electron chi connectivity index (χ4n) is 2.99. The third kappa shape index (κ3) is 5.56. The van der Waals surface area contributed by atoms with Crippen molar-refractivity contribution in [3.63, 3.8) is 0 Å². The molecule has 0 radical (unpaired) electrons. The number of amides is 1. The molecule has 1 aliphatic rings. The highest BCUT2D eigenvalue weighted by molar-refractivity contribution is 7.09. The molecule has 6 heteroatoms. The van der Waals surface area contributed by atoms with E-state index in [1.165, 1.54) is 4.88 Å². The zero-order chi connectivity index (χ0) is 17.5. The number of carbonyl (C=O) groups is 1. The van der Waals surface area contributed by atoms with Gasteiger partial charge in [0.1, 0.15) is 5.75 Å². The van der Waals surface area contributed by atoms with Gasteiger partial charge in [-0.1, -0.05) is 12.1 Å². The molecule has 1 N–H and O–H groups in total. The average molecular weight is 360 g/mol. The molecule has 2 aromatic rings. The number of benzene rings is 1. The van der Waals surface area contributed by atoms with Crippen LogP contribution in [0.3, 0.4) is 0 Å². The predicted octanol–water partition coefficient (Wildman–Crippen LogP) is 3.38. The number of ether oxygens (including phenoxy) is 2. The summed E-state index contributed by atoms with van der Waals surface area (Å²) in [6.45, 7) is 2.72. The Balaban J connectivity index is 1.60. The lowest BCUT2D eigenvalue weighted by molar-refractivity contribution is -0.117. The van der Waals surface area contributed by atoms with Crippen LogP contribution in [0.2, 0.25) is 0 Å². The summed E-state index contributed by atoms with van der Waals surface area (Å²) in [6, 6.07) is 11.6. The van der Waals surface area contributed by atoms with E-state index in [2.05, 4.69) is 21.7 Å². The minimum atomic E-state index is -0.0252. The van der Waals surface area contributed by atoms with Crippen molar-refractivity contribution in [2.45, 2.75) is 25.5 Å². The Bertz CT molecular complexity index is 669. The fraction of sp³-hybridized carbons (Fsp3) is 0.421. The first-order valence-corrected chi connectivity index (χ1v) is 9.41. The number of thiophene rings is 1. The van der Waals surface area contributed by atoms with E-state index in [-0.39, 0.29) is 12.0 Å². The number of rotatable bonds is 8. The van der Waals surface area contributed by atoms with Gasteiger partial charge in [-0.15, -0.1) is 11.3 Å². The van der Waals surface area contributed by atoms with Gasteiger partial charge in [-0.3, -0.25) is 9.69 Å². The largest absolute Gasteiger partial charge is 0.497 e. The monoisotopic (exact) mass is 360 g/mol. The van der Waals surface area contributed by atoms with Crippen LogP contribution in [0.15, 0.2) is 41.8 Å². The van der Waals surface area contributed by atoms with Gasteiger partial charge in [0.15, 0.2) is 0 Å². The maximum Gasteiger partial charge on any atom is 0.238 e. The summed E-state index contributed by atoms with van der Waals surface area (Å²) < 4.78 is 10.9. The molecule has 25 heavy (non-hydrogen) atoms. The van der Waals surface area contributed by atoms with Crippen molar-refractivity contribution in [3.05, 3.63) is 46.7 Å². The maximum absolute atomic E-state index is 12.5. The lowest BCUT2D eigenvalue weighted by atomic mass is 10.2. The standard InChI is InChI=1S/C19H24N2O3S/c1-23-16-6-2-5-15(11-16)20-19(22)14-21(12-17-7-3-9-24-17)13-18-8-4-10-25-18/h2,4-6,8,10-11,17H,3,7,9,12-14H2,1H3,(H,20,22)/t17-/m0/s1. The number of hydrogen-bond acceptors (Lipinski definition) is 5. The molecular formula is C19H24N2O3S. The topological polar surface area (TPSA) is 50.8 Å². The Labute approximate surface area is 152 Å². The fourth-order valence-corrected chi connectivity index (χ4v) is 3.73. The summed E-state index contributed by atoms with van der Waals surface area (Å²) in [6.07, 6.45) is 2.40. The van der Waals surface area contributed by atoms with Gasteiger partial charge in [0.25, 0.3) is 0 Å². The molecule has 1 aromatic carbocycles. The van der Waals surface area contributed by atoms with E-state index < -0.39 is 0 Å². The molecule has 1 aliphatic heterocycles. The molecule has 134 valence electrons. The second kappa shape index (κ2) is 8.99. The van der Waals surface area contributed by atoms with E-state index >= 15 is 0 Å². The van der Waals surface area contributed by atoms with Crippen molar-refractivity contribution in [2.24, 2.45) is 0 Å². The van der Waals surface area contributed by atoms with Crippen molar-refractivity contribution in [1.82, 2.24) is 4.90 Å². The summed E-state index contributed by atoms with van der Waals surface area (Å²) in [5.41, 5.74) is 0.748. The molecular weight excluding hydrogens is 336 g/mol. The van der Waals surface area contributed by atoms with E-state index in [4.69, 9.17) is 9.47 Å². The molecule has 5 nitrogen and oxygen atoms in total. The third-order valence-corrected chi connectivity index (χ3v) is 5.03. The molecule has 0 unspecified atom stereocenters. The molecule has 1 atom stereocenters. The number of carbonyl (C=O) groups excluding carboxylic acids is 1. The Morgan fingerprint density at radius 1 is 1.40 bits per heavy atom. The molecule has 0 bridgehead atoms. The van der Waals surface area contributed by atoms with E-state index in [9.17, 15) is 4.79 Å². The van der Waals surface area contributed by atoms with Crippen LogP contribution in [0.5, 0.6) is 5.75 Å². The first-order chi connectivity index (χ1) is 12.2. The van der Waals surface area contributed by atoms with Crippen LogP contribution >= 0.6 is 11.3 Å². The van der Waals surface area contributed by atoms with Gasteiger partial charge in [-0.05, 0) is 36.4 Å². The second-order valence-electron chi connectivity index (χ2n) is 6.16. The highest BCUT2D eigenvalue weighted by atomic mass is 32.1. The second-order valence-corrected chi connectivity index (χ2v) is 7.20. The van der Waals surface area contributed by atoms with Gasteiger partial charge < -0.3 is 14.8 Å². The average Bonchev–Trinajstić information content (AvgIpc) is 3.29. The van der Waals surface area contributed by atoms with Gasteiger partial charge in [0, 0.05) is 36.3 Å². The minimum Gasteiger partial charge on any atom is -0.497 e. The van der Waals surface area contributed by atoms with Crippen molar-refractivity contribution < 1.29 is 14.3 Å². The maximum atomic E-state index is 12.5. The summed E-state index contributed by atoms with van der Waals surface area (Å²) >= 11 is 1.71. The summed E-state index contributed by atoms with van der Waals surface area (Å²) in [5, 5.41) is 5.02. The molecule has 0 saturated carbocycles. The summed E-state index contributed by atoms with van der Waals surface area (Å²) in [5.74, 6) is 0.704. The molecule has 3 rings (SSSR count). The van der Waals surface area contributed by atoms with E-state index in [1.807, 2.05) is 30.3 Å². The van der Waals surface area contributed by atoms with Crippen LogP contribution in [-0.4, -0.2) is 43.7 Å². The van der Waals surface area contributed by atoms with Gasteiger partial charge >= 0.3 is 0 Å². The summed E-state index contributed by atoms with van der Waals surface area (Å²) in [7, 11) is 1.62. The van der Waals surface area contributed by atoms with Crippen LogP contribution in [-0.2, 0) is 16.1 Å². The molecule has 1 fully saturated rings. The van der Waals surface area contributed by atoms with Crippen LogP contribution in [0, 0.1) is 0 Å². The van der Waals surface area contributed by atoms with Crippen LogP contribution < -0.4 is 10.1 Å². The van der Waals surface area contributed by atoms with Gasteiger partial charge in [-0.2, -0.15) is 0 Å². The van der Waals surface area contributed by atoms with Crippen LogP contribution in [0.25, 0.3) is 0 Å². The number of nitrogens with zero attached hydrogens (tertiary/aromatic N) is 1. The lowest BCUT2D eigenvalue weighted by Gasteiger charge is -2.24. The highest BCUT2D eigenvalue weighted by Crippen LogP contribution is 2.19. The van der Waals surface area contributed by atoms with Gasteiger partial charge in [-0.25, -0.2) is 0 Å². The zero-order valence-corrected chi connectivity index (χ0v) is 15.3. The number of anilines is 1. The Kier molecular flexibility index (Phi) is 6.44. The van der Waals surface area contributed by atoms with E-state index in [0.29, 0.717) is 6.54 Å². The molecule has 0 aliphatic carbocycles. The van der Waals surface area contributed by atoms with Crippen molar-refractivity contribution in [3.8, 4) is 5.75 Å². The SMILES string of the molecule is COc1cccc(NC(=O)CN(Cc2cccs2)C[C@@H]2CCCO2)c1. The Morgan fingerprint density at radius 3 is 3.04 bits per heavy atom. The van der Waals surface area contributed by atoms with Crippen LogP contribution in [0.1, 0.15) is 17.7 Å². The molecule has 1 aromatic heterocycles. The van der Waals surface area contributed by atoms with E-state index in [0.717, 1.165) is 44.0 Å². The number of nitrogens with one attached hydrogen (secondary N) is 1. The Morgan fingerprint density at radius 2 is 2.32 bits per heavy atom. The molecule has 1 amide bonds. The van der Waals surface area contributed by atoms with Gasteiger partial charge in [0.05, 0.1) is 19.8 Å². The molecule has 2 heterocycles. The van der Waals surface area contributed by atoms with Crippen molar-refractivity contribution in [1.29, 1.82) is 0 Å². The predicted molar refractivity (Wildman–Crippen MR) is 100 cm³/mol. The quantitative estimate of drug-likeness (QED) is 0.784. The number of methoxy groups -OCH3 is 1. The van der Waals surface area contributed by atoms with E-state index in [1.54, 1.807) is 18.4 Å². The third-order valence-electron chi connectivity index (χ3n) is 4.17. The lowest BCUT2D eigenvalue weighted by Crippen LogP contribution is -2.37. The minimum absolute atomic E-state index is 0.0252. The zero-order valence-electron chi connectivity index (χ0n) is 14.4. The first-order valence-electron chi connectivity index (χ1n) is 8.53. The van der Waals surface area contributed by atoms with Crippen LogP contribution in [0.4, 0.5) is 5.69 Å². The van der Waals surface area contributed by atoms with Gasteiger partial charge in [0.2, 0.25) is 5.91 Å². The molecule has 0 spiro atoms. The molecule has 1 saturated heterocycles. The van der Waals surface area contributed by atoms with Crippen molar-refractivity contribution in [2.75, 3.05) is 32.1 Å². The summed E-state index contributed by atoms with van der Waals surface area (Å²) in [4.78, 5) is 15.9. The smallest absolute Gasteiger partial charge is 0.238 e. The highest BCUT2D eigenvalue weighted by Gasteiger charge is 2.21. The normalized spacial score (nSPS) is 17.0.